The molecule has 2 fully saturated rings. The van der Waals surface area contributed by atoms with Crippen molar-refractivity contribution in [3.05, 3.63) is 16.8 Å². The number of aromatic nitrogens is 2. The summed E-state index contributed by atoms with van der Waals surface area (Å²) >= 11 is 0. The summed E-state index contributed by atoms with van der Waals surface area (Å²) in [6.45, 7) is 7.38. The first-order valence-corrected chi connectivity index (χ1v) is 7.52. The number of anilines is 1. The SMILES string of the molecule is Cc1nnc(NCC2CN3CCCC3CO2)c(C#N)c1C. The Labute approximate surface area is 125 Å². The van der Waals surface area contributed by atoms with Crippen LogP contribution in [0.25, 0.3) is 0 Å². The summed E-state index contributed by atoms with van der Waals surface area (Å²) in [4.78, 5) is 2.51. The van der Waals surface area contributed by atoms with Gasteiger partial charge in [0, 0.05) is 19.1 Å². The number of ether oxygens (including phenoxy) is 1. The van der Waals surface area contributed by atoms with Gasteiger partial charge in [-0.2, -0.15) is 10.4 Å². The second-order valence-electron chi connectivity index (χ2n) is 5.87. The lowest BCUT2D eigenvalue weighted by Crippen LogP contribution is -2.48. The van der Waals surface area contributed by atoms with Crippen molar-refractivity contribution in [1.29, 1.82) is 5.26 Å². The van der Waals surface area contributed by atoms with Crippen molar-refractivity contribution in [1.82, 2.24) is 15.1 Å². The van der Waals surface area contributed by atoms with E-state index in [2.05, 4.69) is 26.5 Å². The van der Waals surface area contributed by atoms with Gasteiger partial charge >= 0.3 is 0 Å². The number of hydrogen-bond acceptors (Lipinski definition) is 6. The minimum absolute atomic E-state index is 0.148. The smallest absolute Gasteiger partial charge is 0.167 e. The molecular weight excluding hydrogens is 266 g/mol. The van der Waals surface area contributed by atoms with Crippen molar-refractivity contribution in [3.8, 4) is 6.07 Å². The second kappa shape index (κ2) is 5.96. The maximum atomic E-state index is 9.29. The predicted octanol–water partition coefficient (Wildman–Crippen LogP) is 1.24. The highest BCUT2D eigenvalue weighted by Crippen LogP contribution is 2.23. The molecule has 3 rings (SSSR count). The van der Waals surface area contributed by atoms with Crippen molar-refractivity contribution < 1.29 is 4.74 Å². The van der Waals surface area contributed by atoms with Crippen LogP contribution in [-0.2, 0) is 4.74 Å². The van der Waals surface area contributed by atoms with Gasteiger partial charge in [-0.25, -0.2) is 0 Å². The quantitative estimate of drug-likeness (QED) is 0.901. The lowest BCUT2D eigenvalue weighted by Gasteiger charge is -2.35. The van der Waals surface area contributed by atoms with Crippen LogP contribution in [0, 0.1) is 25.2 Å². The van der Waals surface area contributed by atoms with Crippen LogP contribution in [0.4, 0.5) is 5.82 Å². The van der Waals surface area contributed by atoms with Gasteiger partial charge in [0.25, 0.3) is 0 Å². The van der Waals surface area contributed by atoms with Gasteiger partial charge in [0.1, 0.15) is 11.6 Å². The molecule has 0 spiro atoms. The molecule has 0 aromatic carbocycles. The van der Waals surface area contributed by atoms with Crippen LogP contribution < -0.4 is 5.32 Å². The van der Waals surface area contributed by atoms with Crippen molar-refractivity contribution in [3.63, 3.8) is 0 Å². The fraction of sp³-hybridized carbons (Fsp3) is 0.667. The Morgan fingerprint density at radius 1 is 1.43 bits per heavy atom. The molecule has 112 valence electrons. The first kappa shape index (κ1) is 14.2. The molecule has 0 radical (unpaired) electrons. The minimum Gasteiger partial charge on any atom is -0.373 e. The van der Waals surface area contributed by atoms with Gasteiger partial charge in [-0.3, -0.25) is 4.90 Å². The van der Waals surface area contributed by atoms with E-state index in [-0.39, 0.29) is 6.10 Å². The third-order valence-corrected chi connectivity index (χ3v) is 4.53. The second-order valence-corrected chi connectivity index (χ2v) is 5.87. The van der Waals surface area contributed by atoms with E-state index in [0.717, 1.165) is 24.4 Å². The third kappa shape index (κ3) is 2.85. The van der Waals surface area contributed by atoms with Gasteiger partial charge in [-0.15, -0.1) is 5.10 Å². The molecule has 2 aliphatic heterocycles. The van der Waals surface area contributed by atoms with E-state index in [4.69, 9.17) is 4.74 Å². The number of fused-ring (bicyclic) bond motifs is 1. The molecule has 6 heteroatoms. The highest BCUT2D eigenvalue weighted by Gasteiger charge is 2.32. The molecule has 2 saturated heterocycles. The normalized spacial score (nSPS) is 25.4. The zero-order valence-corrected chi connectivity index (χ0v) is 12.6. The molecule has 1 aromatic heterocycles. The Morgan fingerprint density at radius 3 is 3.10 bits per heavy atom. The highest BCUT2D eigenvalue weighted by molar-refractivity contribution is 5.55. The number of rotatable bonds is 3. The lowest BCUT2D eigenvalue weighted by molar-refractivity contribution is -0.0416. The van der Waals surface area contributed by atoms with Crippen LogP contribution in [0.3, 0.4) is 0 Å². The standard InChI is InChI=1S/C15H21N5O/c1-10-11(2)18-19-15(14(10)6-16)17-7-13-8-20-5-3-4-12(20)9-21-13/h12-13H,3-5,7-9H2,1-2H3,(H,17,19). The monoisotopic (exact) mass is 287 g/mol. The fourth-order valence-electron chi connectivity index (χ4n) is 3.09. The number of nitriles is 1. The van der Waals surface area contributed by atoms with Gasteiger partial charge in [-0.1, -0.05) is 0 Å². The van der Waals surface area contributed by atoms with Crippen LogP contribution in [0.15, 0.2) is 0 Å². The number of aryl methyl sites for hydroxylation is 1. The summed E-state index contributed by atoms with van der Waals surface area (Å²) < 4.78 is 5.91. The fourth-order valence-corrected chi connectivity index (χ4v) is 3.09. The minimum atomic E-state index is 0.148. The lowest BCUT2D eigenvalue weighted by atomic mass is 10.1. The van der Waals surface area contributed by atoms with Crippen LogP contribution >= 0.6 is 0 Å². The number of hydrogen-bond donors (Lipinski definition) is 1. The Kier molecular flexibility index (Phi) is 4.04. The summed E-state index contributed by atoms with van der Waals surface area (Å²) in [6, 6.07) is 2.82. The van der Waals surface area contributed by atoms with Gasteiger partial charge in [0.2, 0.25) is 0 Å². The Morgan fingerprint density at radius 2 is 2.29 bits per heavy atom. The molecule has 2 aliphatic rings. The van der Waals surface area contributed by atoms with Crippen LogP contribution in [0.1, 0.15) is 29.7 Å². The molecule has 0 saturated carbocycles. The number of nitrogens with zero attached hydrogens (tertiary/aromatic N) is 4. The molecule has 6 nitrogen and oxygen atoms in total. The van der Waals surface area contributed by atoms with E-state index in [0.29, 0.717) is 24.0 Å². The largest absolute Gasteiger partial charge is 0.373 e. The van der Waals surface area contributed by atoms with Crippen LogP contribution in [-0.4, -0.2) is 53.5 Å². The Bertz CT molecular complexity index is 568. The molecule has 1 N–H and O–H groups in total. The summed E-state index contributed by atoms with van der Waals surface area (Å²) in [6.07, 6.45) is 2.67. The molecule has 1 aromatic rings. The van der Waals surface area contributed by atoms with Gasteiger partial charge in [0.15, 0.2) is 5.82 Å². The average molecular weight is 287 g/mol. The first-order chi connectivity index (χ1) is 10.2. The molecule has 3 heterocycles. The maximum Gasteiger partial charge on any atom is 0.167 e. The van der Waals surface area contributed by atoms with Crippen molar-refractivity contribution >= 4 is 5.82 Å². The van der Waals surface area contributed by atoms with E-state index in [1.54, 1.807) is 0 Å². The van der Waals surface area contributed by atoms with E-state index >= 15 is 0 Å². The van der Waals surface area contributed by atoms with E-state index in [1.165, 1.54) is 19.4 Å². The van der Waals surface area contributed by atoms with Gasteiger partial charge < -0.3 is 10.1 Å². The summed E-state index contributed by atoms with van der Waals surface area (Å²) in [5.74, 6) is 0.563. The zero-order valence-electron chi connectivity index (χ0n) is 12.6. The molecule has 0 aliphatic carbocycles. The molecule has 0 amide bonds. The van der Waals surface area contributed by atoms with E-state index in [1.807, 2.05) is 13.8 Å². The molecule has 2 atom stereocenters. The summed E-state index contributed by atoms with van der Waals surface area (Å²) in [5, 5.41) is 20.7. The van der Waals surface area contributed by atoms with Crippen molar-refractivity contribution in [2.45, 2.75) is 38.8 Å². The molecule has 21 heavy (non-hydrogen) atoms. The van der Waals surface area contributed by atoms with Gasteiger partial charge in [-0.05, 0) is 38.8 Å². The van der Waals surface area contributed by atoms with Crippen molar-refractivity contribution in [2.24, 2.45) is 0 Å². The number of morpholine rings is 1. The highest BCUT2D eigenvalue weighted by atomic mass is 16.5. The Balaban J connectivity index is 1.63. The third-order valence-electron chi connectivity index (χ3n) is 4.53. The van der Waals surface area contributed by atoms with E-state index in [9.17, 15) is 5.26 Å². The maximum absolute atomic E-state index is 9.29. The number of nitrogens with one attached hydrogen (secondary N) is 1. The molecule has 0 bridgehead atoms. The predicted molar refractivity (Wildman–Crippen MR) is 79.0 cm³/mol. The topological polar surface area (TPSA) is 74.1 Å². The van der Waals surface area contributed by atoms with E-state index < -0.39 is 0 Å². The zero-order chi connectivity index (χ0) is 14.8. The van der Waals surface area contributed by atoms with Crippen molar-refractivity contribution in [2.75, 3.05) is 31.6 Å². The Hall–Kier alpha value is -1.71. The molecular formula is C15H21N5O. The van der Waals surface area contributed by atoms with Crippen LogP contribution in [0.5, 0.6) is 0 Å². The first-order valence-electron chi connectivity index (χ1n) is 7.52. The van der Waals surface area contributed by atoms with Crippen LogP contribution in [0.2, 0.25) is 0 Å². The average Bonchev–Trinajstić information content (AvgIpc) is 2.96. The summed E-state index contributed by atoms with van der Waals surface area (Å²) in [5.41, 5.74) is 2.27. The van der Waals surface area contributed by atoms with Gasteiger partial charge in [0.05, 0.1) is 18.4 Å². The molecule has 2 unspecified atom stereocenters. The summed E-state index contributed by atoms with van der Waals surface area (Å²) in [7, 11) is 0.